The molecular weight excluding hydrogens is 490 g/mol. The van der Waals surface area contributed by atoms with Crippen molar-refractivity contribution in [3.05, 3.63) is 35.0 Å². The number of methoxy groups -OCH3 is 2. The quantitative estimate of drug-likeness (QED) is 0.520. The zero-order chi connectivity index (χ0) is 28.0. The van der Waals surface area contributed by atoms with E-state index in [1.54, 1.807) is 39.3 Å². The fourth-order valence-electron chi connectivity index (χ4n) is 4.62. The van der Waals surface area contributed by atoms with Gasteiger partial charge in [-0.1, -0.05) is 6.07 Å². The molecule has 0 spiro atoms. The minimum atomic E-state index is -0.728. The number of rotatable bonds is 7. The number of urea groups is 2. The van der Waals surface area contributed by atoms with Gasteiger partial charge < -0.3 is 29.7 Å². The van der Waals surface area contributed by atoms with E-state index >= 15 is 0 Å². The second kappa shape index (κ2) is 12.4. The van der Waals surface area contributed by atoms with Gasteiger partial charge in [0.15, 0.2) is 11.5 Å². The predicted octanol–water partition coefficient (Wildman–Crippen LogP) is 2.73. The number of carbonyl (C=O) groups excluding carboxylic acids is 3. The molecule has 2 heterocycles. The highest BCUT2D eigenvalue weighted by atomic mass is 16.5. The van der Waals surface area contributed by atoms with Gasteiger partial charge in [0.2, 0.25) is 0 Å². The summed E-state index contributed by atoms with van der Waals surface area (Å²) >= 11 is 0. The summed E-state index contributed by atoms with van der Waals surface area (Å²) in [6, 6.07) is 4.15. The Morgan fingerprint density at radius 3 is 2.42 bits per heavy atom. The maximum absolute atomic E-state index is 13.3. The summed E-state index contributed by atoms with van der Waals surface area (Å²) in [5.74, 6) is 0.543. The summed E-state index contributed by atoms with van der Waals surface area (Å²) < 4.78 is 16.3. The molecule has 2 aliphatic rings. The van der Waals surface area contributed by atoms with Gasteiger partial charge in [0.05, 0.1) is 32.4 Å². The van der Waals surface area contributed by atoms with Crippen LogP contribution in [0.15, 0.2) is 29.5 Å². The van der Waals surface area contributed by atoms with Gasteiger partial charge in [-0.2, -0.15) is 0 Å². The molecule has 38 heavy (non-hydrogen) atoms. The highest BCUT2D eigenvalue weighted by molar-refractivity contribution is 5.95. The van der Waals surface area contributed by atoms with E-state index in [1.807, 2.05) is 25.7 Å². The van der Waals surface area contributed by atoms with Crippen LogP contribution in [0.5, 0.6) is 11.5 Å². The minimum Gasteiger partial charge on any atom is -0.493 e. The first-order chi connectivity index (χ1) is 18.0. The third-order valence-electron chi connectivity index (χ3n) is 6.54. The van der Waals surface area contributed by atoms with Crippen molar-refractivity contribution in [1.82, 2.24) is 25.3 Å². The Bertz CT molecular complexity index is 1070. The average molecular weight is 532 g/mol. The number of nitrogens with zero attached hydrogens (tertiary/aromatic N) is 3. The number of amides is 4. The molecule has 0 saturated carbocycles. The molecule has 2 N–H and O–H groups in total. The van der Waals surface area contributed by atoms with Crippen LogP contribution < -0.4 is 20.1 Å². The van der Waals surface area contributed by atoms with Crippen molar-refractivity contribution in [2.75, 3.05) is 60.6 Å². The SMILES string of the molecule is CCOC(=O)C1=C(CN2CCCN(C(=O)NC(C)(C)C)CC2)N(C)C(=O)NC1c1ccc(OC)c(OC)c1. The van der Waals surface area contributed by atoms with Crippen LogP contribution in [-0.4, -0.2) is 98.9 Å². The molecule has 0 aromatic heterocycles. The molecule has 11 nitrogen and oxygen atoms in total. The largest absolute Gasteiger partial charge is 0.493 e. The maximum atomic E-state index is 13.3. The molecule has 11 heteroatoms. The lowest BCUT2D eigenvalue weighted by molar-refractivity contribution is -0.139. The van der Waals surface area contributed by atoms with Crippen LogP contribution in [0, 0.1) is 0 Å². The lowest BCUT2D eigenvalue weighted by Crippen LogP contribution is -2.50. The number of hydrogen-bond donors (Lipinski definition) is 2. The van der Waals surface area contributed by atoms with Crippen molar-refractivity contribution in [1.29, 1.82) is 0 Å². The first-order valence-electron chi connectivity index (χ1n) is 12.9. The van der Waals surface area contributed by atoms with E-state index < -0.39 is 12.0 Å². The number of carbonyl (C=O) groups is 3. The molecule has 0 bridgehead atoms. The second-order valence-corrected chi connectivity index (χ2v) is 10.4. The summed E-state index contributed by atoms with van der Waals surface area (Å²) in [6.45, 7) is 10.7. The summed E-state index contributed by atoms with van der Waals surface area (Å²) in [5, 5.41) is 5.96. The normalized spacial score (nSPS) is 19.0. The van der Waals surface area contributed by atoms with Gasteiger partial charge in [0.1, 0.15) is 0 Å². The average Bonchev–Trinajstić information content (AvgIpc) is 3.11. The Morgan fingerprint density at radius 2 is 1.79 bits per heavy atom. The van der Waals surface area contributed by atoms with Crippen LogP contribution in [0.25, 0.3) is 0 Å². The van der Waals surface area contributed by atoms with E-state index in [1.165, 1.54) is 12.0 Å². The van der Waals surface area contributed by atoms with E-state index in [4.69, 9.17) is 14.2 Å². The number of ether oxygens (including phenoxy) is 3. The molecule has 2 aliphatic heterocycles. The van der Waals surface area contributed by atoms with E-state index in [2.05, 4.69) is 15.5 Å². The Morgan fingerprint density at radius 1 is 1.08 bits per heavy atom. The second-order valence-electron chi connectivity index (χ2n) is 10.4. The van der Waals surface area contributed by atoms with Gasteiger partial charge in [0, 0.05) is 51.0 Å². The molecular formula is C27H41N5O6. The molecule has 1 unspecified atom stereocenters. The topological polar surface area (TPSA) is 113 Å². The highest BCUT2D eigenvalue weighted by Gasteiger charge is 2.38. The lowest BCUT2D eigenvalue weighted by Gasteiger charge is -2.36. The van der Waals surface area contributed by atoms with Gasteiger partial charge in [-0.15, -0.1) is 0 Å². The van der Waals surface area contributed by atoms with Gasteiger partial charge in [-0.3, -0.25) is 9.80 Å². The van der Waals surface area contributed by atoms with Crippen molar-refractivity contribution in [3.8, 4) is 11.5 Å². The van der Waals surface area contributed by atoms with Crippen molar-refractivity contribution in [3.63, 3.8) is 0 Å². The Balaban J connectivity index is 1.93. The van der Waals surface area contributed by atoms with Gasteiger partial charge >= 0.3 is 18.0 Å². The summed E-state index contributed by atoms with van der Waals surface area (Å²) in [7, 11) is 4.73. The molecule has 1 aromatic carbocycles. The van der Waals surface area contributed by atoms with Crippen molar-refractivity contribution in [2.45, 2.75) is 45.7 Å². The van der Waals surface area contributed by atoms with Gasteiger partial charge in [-0.05, 0) is 51.8 Å². The molecule has 1 atom stereocenters. The van der Waals surface area contributed by atoms with Crippen molar-refractivity contribution >= 4 is 18.0 Å². The molecule has 1 aromatic rings. The first kappa shape index (κ1) is 29.1. The maximum Gasteiger partial charge on any atom is 0.338 e. The molecule has 4 amide bonds. The van der Waals surface area contributed by atoms with Crippen LogP contribution in [0.3, 0.4) is 0 Å². The Kier molecular flexibility index (Phi) is 9.48. The molecule has 1 fully saturated rings. The first-order valence-corrected chi connectivity index (χ1v) is 12.9. The third-order valence-corrected chi connectivity index (χ3v) is 6.54. The van der Waals surface area contributed by atoms with Crippen LogP contribution in [0.1, 0.15) is 45.7 Å². The molecule has 1 saturated heterocycles. The zero-order valence-electron chi connectivity index (χ0n) is 23.6. The molecule has 3 rings (SSSR count). The number of nitrogens with one attached hydrogen (secondary N) is 2. The Labute approximate surface area is 225 Å². The smallest absolute Gasteiger partial charge is 0.338 e. The summed E-state index contributed by atoms with van der Waals surface area (Å²) in [6.07, 6.45) is 0.772. The van der Waals surface area contributed by atoms with Crippen molar-refractivity contribution < 1.29 is 28.6 Å². The fraction of sp³-hybridized carbons (Fsp3) is 0.593. The number of esters is 1. The van der Waals surface area contributed by atoms with Crippen LogP contribution >= 0.6 is 0 Å². The van der Waals surface area contributed by atoms with Crippen LogP contribution in [0.4, 0.5) is 9.59 Å². The zero-order valence-corrected chi connectivity index (χ0v) is 23.6. The monoisotopic (exact) mass is 531 g/mol. The van der Waals surface area contributed by atoms with Gasteiger partial charge in [-0.25, -0.2) is 14.4 Å². The molecule has 210 valence electrons. The predicted molar refractivity (Wildman–Crippen MR) is 143 cm³/mol. The van der Waals surface area contributed by atoms with E-state index in [0.717, 1.165) is 13.0 Å². The van der Waals surface area contributed by atoms with E-state index in [-0.39, 0.29) is 24.2 Å². The summed E-state index contributed by atoms with van der Waals surface area (Å²) in [4.78, 5) is 44.5. The van der Waals surface area contributed by atoms with Crippen LogP contribution in [0.2, 0.25) is 0 Å². The number of benzene rings is 1. The van der Waals surface area contributed by atoms with Crippen LogP contribution in [-0.2, 0) is 9.53 Å². The van der Waals surface area contributed by atoms with E-state index in [0.29, 0.717) is 54.5 Å². The fourth-order valence-corrected chi connectivity index (χ4v) is 4.62. The third kappa shape index (κ3) is 6.89. The highest BCUT2D eigenvalue weighted by Crippen LogP contribution is 2.36. The Hall–Kier alpha value is -3.47. The number of likely N-dealkylation sites (N-methyl/N-ethyl adjacent to an activating group) is 1. The van der Waals surface area contributed by atoms with Crippen molar-refractivity contribution in [2.24, 2.45) is 0 Å². The molecule has 0 radical (unpaired) electrons. The van der Waals surface area contributed by atoms with E-state index in [9.17, 15) is 14.4 Å². The minimum absolute atomic E-state index is 0.0894. The lowest BCUT2D eigenvalue weighted by atomic mass is 9.94. The standard InChI is InChI=1S/C27H41N5O6/c1-8-38-24(33)22-19(17-31-12-9-13-32(15-14-31)26(35)29-27(2,3)4)30(5)25(34)28-23(22)18-10-11-20(36-6)21(16-18)37-7/h10-11,16,23H,8-9,12-15,17H2,1-7H3,(H,28,34)(H,29,35). The van der Waals surface area contributed by atoms with Gasteiger partial charge in [0.25, 0.3) is 0 Å². The molecule has 0 aliphatic carbocycles. The summed E-state index contributed by atoms with van der Waals surface area (Å²) in [5.41, 5.74) is 1.29. The number of hydrogen-bond acceptors (Lipinski definition) is 7.